The highest BCUT2D eigenvalue weighted by Crippen LogP contribution is 2.18. The Hall–Kier alpha value is -1.63. The lowest BCUT2D eigenvalue weighted by molar-refractivity contribution is -0.131. The van der Waals surface area contributed by atoms with E-state index in [1.54, 1.807) is 19.9 Å². The number of urea groups is 1. The van der Waals surface area contributed by atoms with Gasteiger partial charge in [-0.1, -0.05) is 29.8 Å². The van der Waals surface area contributed by atoms with Crippen molar-refractivity contribution < 1.29 is 19.4 Å². The summed E-state index contributed by atoms with van der Waals surface area (Å²) in [7, 11) is 0. The third kappa shape index (κ3) is 3.76. The molecule has 120 valence electrons. The van der Waals surface area contributed by atoms with Crippen molar-refractivity contribution >= 4 is 23.5 Å². The minimum Gasteiger partial charge on any atom is -0.389 e. The fourth-order valence-corrected chi connectivity index (χ4v) is 2.36. The number of amides is 3. The maximum Gasteiger partial charge on any atom is 0.325 e. The van der Waals surface area contributed by atoms with E-state index in [4.69, 9.17) is 16.3 Å². The van der Waals surface area contributed by atoms with E-state index in [2.05, 4.69) is 5.32 Å². The van der Waals surface area contributed by atoms with Crippen LogP contribution in [0.25, 0.3) is 0 Å². The second-order valence-corrected chi connectivity index (χ2v) is 6.14. The highest BCUT2D eigenvalue weighted by Gasteiger charge is 2.44. The molecule has 0 radical (unpaired) electrons. The van der Waals surface area contributed by atoms with Crippen molar-refractivity contribution in [1.82, 2.24) is 10.2 Å². The van der Waals surface area contributed by atoms with Crippen molar-refractivity contribution in [3.05, 3.63) is 34.9 Å². The quantitative estimate of drug-likeness (QED) is 0.777. The zero-order valence-electron chi connectivity index (χ0n) is 12.5. The second kappa shape index (κ2) is 6.64. The van der Waals surface area contributed by atoms with Crippen LogP contribution in [0.3, 0.4) is 0 Å². The summed E-state index contributed by atoms with van der Waals surface area (Å²) in [4.78, 5) is 24.7. The van der Waals surface area contributed by atoms with Crippen LogP contribution in [0.1, 0.15) is 19.4 Å². The number of hydrogen-bond acceptors (Lipinski definition) is 4. The molecule has 0 spiro atoms. The Morgan fingerprint density at radius 1 is 1.36 bits per heavy atom. The number of aliphatic hydroxyl groups excluding tert-OH is 1. The van der Waals surface area contributed by atoms with E-state index in [0.29, 0.717) is 5.02 Å². The molecular formula is C15H19ClN2O4. The molecule has 1 aliphatic heterocycles. The first-order valence-corrected chi connectivity index (χ1v) is 7.32. The van der Waals surface area contributed by atoms with Crippen LogP contribution < -0.4 is 5.32 Å². The highest BCUT2D eigenvalue weighted by atomic mass is 35.5. The van der Waals surface area contributed by atoms with Crippen molar-refractivity contribution in [2.45, 2.75) is 32.1 Å². The van der Waals surface area contributed by atoms with Crippen LogP contribution in [-0.2, 0) is 16.1 Å². The van der Waals surface area contributed by atoms with Crippen molar-refractivity contribution in [2.75, 3.05) is 13.2 Å². The van der Waals surface area contributed by atoms with E-state index in [0.717, 1.165) is 10.5 Å². The molecule has 0 saturated carbocycles. The zero-order valence-corrected chi connectivity index (χ0v) is 13.3. The predicted molar refractivity (Wildman–Crippen MR) is 81.4 cm³/mol. The lowest BCUT2D eigenvalue weighted by Crippen LogP contribution is -2.42. The fraction of sp³-hybridized carbons (Fsp3) is 0.467. The van der Waals surface area contributed by atoms with Gasteiger partial charge in [-0.25, -0.2) is 4.79 Å². The molecule has 2 N–H and O–H groups in total. The predicted octanol–water partition coefficient (Wildman–Crippen LogP) is 1.55. The molecule has 2 rings (SSSR count). The Morgan fingerprint density at radius 2 is 2.05 bits per heavy atom. The number of ether oxygens (including phenoxy) is 1. The summed E-state index contributed by atoms with van der Waals surface area (Å²) in [5, 5.41) is 13.1. The summed E-state index contributed by atoms with van der Waals surface area (Å²) < 4.78 is 5.39. The van der Waals surface area contributed by atoms with Crippen molar-refractivity contribution in [3.8, 4) is 0 Å². The smallest absolute Gasteiger partial charge is 0.325 e. The Kier molecular flexibility index (Phi) is 5.05. The van der Waals surface area contributed by atoms with Gasteiger partial charge in [-0.15, -0.1) is 0 Å². The van der Waals surface area contributed by atoms with E-state index in [-0.39, 0.29) is 25.7 Å². The lowest BCUT2D eigenvalue weighted by Gasteiger charge is -2.19. The summed E-state index contributed by atoms with van der Waals surface area (Å²) >= 11 is 6.00. The van der Waals surface area contributed by atoms with Gasteiger partial charge >= 0.3 is 6.03 Å². The standard InChI is InChI=1S/C15H19ClN2O4/c1-15(2)13(20)18(14(21)17-15)7-11(19)9-22-8-10-5-3-4-6-12(10)16/h3-6,11,19H,7-9H2,1-2H3,(H,17,21). The number of imide groups is 1. The first kappa shape index (κ1) is 16.7. The lowest BCUT2D eigenvalue weighted by atomic mass is 10.1. The van der Waals surface area contributed by atoms with Gasteiger partial charge < -0.3 is 15.2 Å². The maximum atomic E-state index is 12.0. The van der Waals surface area contributed by atoms with E-state index in [9.17, 15) is 14.7 Å². The van der Waals surface area contributed by atoms with E-state index >= 15 is 0 Å². The molecule has 1 aromatic rings. The molecule has 1 unspecified atom stereocenters. The topological polar surface area (TPSA) is 78.9 Å². The van der Waals surface area contributed by atoms with Gasteiger partial charge in [0.1, 0.15) is 5.54 Å². The second-order valence-electron chi connectivity index (χ2n) is 5.73. The monoisotopic (exact) mass is 326 g/mol. The average molecular weight is 327 g/mol. The molecule has 7 heteroatoms. The third-order valence-corrected chi connectivity index (χ3v) is 3.73. The van der Waals surface area contributed by atoms with Gasteiger partial charge in [-0.3, -0.25) is 9.69 Å². The number of carbonyl (C=O) groups is 2. The Labute approximate surface area is 134 Å². The Balaban J connectivity index is 1.81. The summed E-state index contributed by atoms with van der Waals surface area (Å²) in [5.74, 6) is -0.359. The molecular weight excluding hydrogens is 308 g/mol. The van der Waals surface area contributed by atoms with E-state index < -0.39 is 17.7 Å². The minimum atomic E-state index is -0.953. The van der Waals surface area contributed by atoms with Gasteiger partial charge in [-0.05, 0) is 25.5 Å². The van der Waals surface area contributed by atoms with E-state index in [1.807, 2.05) is 18.2 Å². The summed E-state index contributed by atoms with van der Waals surface area (Å²) in [5.41, 5.74) is -0.123. The molecule has 0 bridgehead atoms. The largest absolute Gasteiger partial charge is 0.389 e. The average Bonchev–Trinajstić information content (AvgIpc) is 2.63. The maximum absolute atomic E-state index is 12.0. The van der Waals surface area contributed by atoms with Crippen LogP contribution in [0, 0.1) is 0 Å². The minimum absolute atomic E-state index is 0.00269. The van der Waals surface area contributed by atoms with Crippen LogP contribution in [0.2, 0.25) is 5.02 Å². The molecule has 1 atom stereocenters. The first-order chi connectivity index (χ1) is 10.3. The third-order valence-electron chi connectivity index (χ3n) is 3.36. The number of nitrogens with zero attached hydrogens (tertiary/aromatic N) is 1. The van der Waals surface area contributed by atoms with Crippen LogP contribution in [0.4, 0.5) is 4.79 Å². The molecule has 6 nitrogen and oxygen atoms in total. The SMILES string of the molecule is CC1(C)NC(=O)N(CC(O)COCc2ccccc2Cl)C1=O. The number of halogens is 1. The molecule has 0 aromatic heterocycles. The van der Waals surface area contributed by atoms with Crippen molar-refractivity contribution in [1.29, 1.82) is 0 Å². The van der Waals surface area contributed by atoms with Crippen molar-refractivity contribution in [3.63, 3.8) is 0 Å². The van der Waals surface area contributed by atoms with Gasteiger partial charge in [0.2, 0.25) is 0 Å². The fourth-order valence-electron chi connectivity index (χ4n) is 2.17. The molecule has 3 amide bonds. The summed E-state index contributed by atoms with van der Waals surface area (Å²) in [6, 6.07) is 6.75. The summed E-state index contributed by atoms with van der Waals surface area (Å²) in [6.45, 7) is 3.39. The van der Waals surface area contributed by atoms with Crippen LogP contribution in [-0.4, -0.2) is 46.7 Å². The van der Waals surface area contributed by atoms with Crippen LogP contribution >= 0.6 is 11.6 Å². The van der Waals surface area contributed by atoms with Gasteiger partial charge in [0, 0.05) is 5.02 Å². The molecule has 1 aliphatic rings. The van der Waals surface area contributed by atoms with Crippen molar-refractivity contribution in [2.24, 2.45) is 0 Å². The van der Waals surface area contributed by atoms with Crippen LogP contribution in [0.15, 0.2) is 24.3 Å². The summed E-state index contributed by atoms with van der Waals surface area (Å²) in [6.07, 6.45) is -0.953. The number of nitrogens with one attached hydrogen (secondary N) is 1. The van der Waals surface area contributed by atoms with E-state index in [1.165, 1.54) is 0 Å². The van der Waals surface area contributed by atoms with Gasteiger partial charge in [0.25, 0.3) is 5.91 Å². The number of carbonyl (C=O) groups excluding carboxylic acids is 2. The number of rotatable bonds is 6. The Morgan fingerprint density at radius 3 is 2.64 bits per heavy atom. The van der Waals surface area contributed by atoms with Gasteiger partial charge in [0.15, 0.2) is 0 Å². The Bertz CT molecular complexity index is 576. The zero-order chi connectivity index (χ0) is 16.3. The van der Waals surface area contributed by atoms with Crippen LogP contribution in [0.5, 0.6) is 0 Å². The number of aliphatic hydroxyl groups is 1. The molecule has 0 aliphatic carbocycles. The number of β-amino-alcohol motifs (C(OH)–C–C–N with tert-alkyl or cyclic N) is 1. The molecule has 1 aromatic carbocycles. The number of hydrogen-bond donors (Lipinski definition) is 2. The first-order valence-electron chi connectivity index (χ1n) is 6.94. The van der Waals surface area contributed by atoms with Gasteiger partial charge in [-0.2, -0.15) is 0 Å². The molecule has 1 heterocycles. The van der Waals surface area contributed by atoms with Gasteiger partial charge in [0.05, 0.1) is 25.9 Å². The number of benzene rings is 1. The normalized spacial score (nSPS) is 18.5. The molecule has 1 saturated heterocycles. The molecule has 22 heavy (non-hydrogen) atoms. The molecule has 1 fully saturated rings. The highest BCUT2D eigenvalue weighted by molar-refractivity contribution is 6.31.